The first-order chi connectivity index (χ1) is 13.1. The maximum absolute atomic E-state index is 12.8. The van der Waals surface area contributed by atoms with E-state index in [4.69, 9.17) is 30.2 Å². The van der Waals surface area contributed by atoms with Crippen molar-refractivity contribution >= 4 is 34.2 Å². The second kappa shape index (κ2) is 7.04. The summed E-state index contributed by atoms with van der Waals surface area (Å²) in [6, 6.07) is 8.72. The first-order valence-corrected chi connectivity index (χ1v) is 8.92. The van der Waals surface area contributed by atoms with E-state index in [1.807, 2.05) is 13.0 Å². The van der Waals surface area contributed by atoms with Gasteiger partial charge in [0.05, 0.1) is 31.0 Å². The number of methoxy groups -OCH3 is 1. The minimum absolute atomic E-state index is 0.224. The molecule has 7 heteroatoms. The molecule has 3 aromatic rings. The molecule has 1 aromatic heterocycles. The number of furan rings is 1. The van der Waals surface area contributed by atoms with Crippen LogP contribution >= 0.6 is 11.6 Å². The lowest BCUT2D eigenvalue weighted by Gasteiger charge is -2.12. The van der Waals surface area contributed by atoms with Crippen molar-refractivity contribution in [1.29, 1.82) is 0 Å². The summed E-state index contributed by atoms with van der Waals surface area (Å²) in [5, 5.41) is 3.98. The molecule has 6 nitrogen and oxygen atoms in total. The van der Waals surface area contributed by atoms with Gasteiger partial charge in [0.1, 0.15) is 11.3 Å². The molecule has 2 heterocycles. The van der Waals surface area contributed by atoms with Crippen LogP contribution < -0.4 is 19.5 Å². The number of carbonyl (C=O) groups excluding carboxylic acids is 1. The summed E-state index contributed by atoms with van der Waals surface area (Å²) < 4.78 is 22.2. The van der Waals surface area contributed by atoms with Gasteiger partial charge in [0.15, 0.2) is 17.3 Å². The second-order valence-electron chi connectivity index (χ2n) is 6.20. The van der Waals surface area contributed by atoms with Crippen LogP contribution in [0, 0.1) is 6.92 Å². The van der Waals surface area contributed by atoms with Crippen molar-refractivity contribution in [2.75, 3.05) is 25.6 Å². The van der Waals surface area contributed by atoms with E-state index in [0.717, 1.165) is 17.4 Å². The van der Waals surface area contributed by atoms with Crippen LogP contribution in [0.2, 0.25) is 5.02 Å². The number of amides is 1. The maximum Gasteiger partial charge on any atom is 0.291 e. The van der Waals surface area contributed by atoms with Gasteiger partial charge in [-0.1, -0.05) is 11.6 Å². The Morgan fingerprint density at radius 3 is 2.63 bits per heavy atom. The standard InChI is InChI=1S/C20H18ClNO5/c1-11-13-8-12(24-2)4-5-16(13)27-19(11)20(23)22-15-10-18-17(9-14(15)21)25-6-3-7-26-18/h4-5,8-10H,3,6-7H2,1-2H3,(H,22,23). The molecule has 1 aliphatic rings. The summed E-state index contributed by atoms with van der Waals surface area (Å²) in [7, 11) is 1.59. The van der Waals surface area contributed by atoms with Crippen LogP contribution in [0.3, 0.4) is 0 Å². The Balaban J connectivity index is 1.65. The quantitative estimate of drug-likeness (QED) is 0.697. The highest BCUT2D eigenvalue weighted by Gasteiger charge is 2.21. The minimum atomic E-state index is -0.390. The molecule has 0 spiro atoms. The largest absolute Gasteiger partial charge is 0.497 e. The van der Waals surface area contributed by atoms with Gasteiger partial charge in [0.2, 0.25) is 0 Å². The first-order valence-electron chi connectivity index (χ1n) is 8.54. The molecule has 4 rings (SSSR count). The SMILES string of the molecule is COc1ccc2oc(C(=O)Nc3cc4c(cc3Cl)OCCCO4)c(C)c2c1. The Kier molecular flexibility index (Phi) is 4.58. The molecule has 0 bridgehead atoms. The van der Waals surface area contributed by atoms with E-state index < -0.39 is 0 Å². The van der Waals surface area contributed by atoms with Gasteiger partial charge < -0.3 is 23.9 Å². The highest BCUT2D eigenvalue weighted by molar-refractivity contribution is 6.34. The van der Waals surface area contributed by atoms with E-state index in [1.165, 1.54) is 0 Å². The third kappa shape index (κ3) is 3.28. The predicted octanol–water partition coefficient (Wildman–Crippen LogP) is 4.82. The van der Waals surface area contributed by atoms with Gasteiger partial charge in [-0.2, -0.15) is 0 Å². The Morgan fingerprint density at radius 1 is 1.15 bits per heavy atom. The van der Waals surface area contributed by atoms with Gasteiger partial charge in [-0.3, -0.25) is 4.79 Å². The predicted molar refractivity (Wildman–Crippen MR) is 103 cm³/mol. The van der Waals surface area contributed by atoms with Crippen molar-refractivity contribution in [3.05, 3.63) is 46.7 Å². The number of hydrogen-bond acceptors (Lipinski definition) is 5. The van der Waals surface area contributed by atoms with E-state index in [9.17, 15) is 4.79 Å². The molecule has 0 aliphatic carbocycles. The number of ether oxygens (including phenoxy) is 3. The van der Waals surface area contributed by atoms with E-state index in [-0.39, 0.29) is 11.7 Å². The fourth-order valence-corrected chi connectivity index (χ4v) is 3.20. The number of benzene rings is 2. The van der Waals surface area contributed by atoms with Crippen LogP contribution in [0.5, 0.6) is 17.2 Å². The number of anilines is 1. The number of fused-ring (bicyclic) bond motifs is 2. The second-order valence-corrected chi connectivity index (χ2v) is 6.61. The smallest absolute Gasteiger partial charge is 0.291 e. The molecule has 1 amide bonds. The Morgan fingerprint density at radius 2 is 1.89 bits per heavy atom. The average molecular weight is 388 g/mol. The van der Waals surface area contributed by atoms with Crippen molar-refractivity contribution in [3.8, 4) is 17.2 Å². The third-order valence-electron chi connectivity index (χ3n) is 4.43. The van der Waals surface area contributed by atoms with Crippen molar-refractivity contribution in [2.24, 2.45) is 0 Å². The number of aryl methyl sites for hydroxylation is 1. The van der Waals surface area contributed by atoms with Gasteiger partial charge in [0.25, 0.3) is 5.91 Å². The van der Waals surface area contributed by atoms with Gasteiger partial charge in [0, 0.05) is 29.5 Å². The molecule has 0 unspecified atom stereocenters. The molecule has 1 aliphatic heterocycles. The summed E-state index contributed by atoms with van der Waals surface area (Å²) in [6.45, 7) is 2.94. The van der Waals surface area contributed by atoms with Crippen LogP contribution in [0.4, 0.5) is 5.69 Å². The van der Waals surface area contributed by atoms with Gasteiger partial charge in [-0.15, -0.1) is 0 Å². The van der Waals surface area contributed by atoms with Crippen LogP contribution in [-0.4, -0.2) is 26.2 Å². The van der Waals surface area contributed by atoms with Crippen molar-refractivity contribution in [1.82, 2.24) is 0 Å². The molecular weight excluding hydrogens is 370 g/mol. The van der Waals surface area contributed by atoms with E-state index in [2.05, 4.69) is 5.32 Å². The monoisotopic (exact) mass is 387 g/mol. The number of halogens is 1. The number of nitrogens with one attached hydrogen (secondary N) is 1. The third-order valence-corrected chi connectivity index (χ3v) is 4.75. The summed E-state index contributed by atoms with van der Waals surface area (Å²) in [5.41, 5.74) is 1.78. The van der Waals surface area contributed by atoms with Crippen LogP contribution in [0.1, 0.15) is 22.5 Å². The normalized spacial score (nSPS) is 13.3. The molecule has 0 radical (unpaired) electrons. The fourth-order valence-electron chi connectivity index (χ4n) is 3.00. The van der Waals surface area contributed by atoms with Gasteiger partial charge in [-0.05, 0) is 25.1 Å². The van der Waals surface area contributed by atoms with E-state index >= 15 is 0 Å². The summed E-state index contributed by atoms with van der Waals surface area (Å²) in [4.78, 5) is 12.8. The molecular formula is C20H18ClNO5. The van der Waals surface area contributed by atoms with E-state index in [1.54, 1.807) is 31.4 Å². The summed E-state index contributed by atoms with van der Waals surface area (Å²) in [5.74, 6) is 1.66. The molecule has 140 valence electrons. The van der Waals surface area contributed by atoms with Crippen molar-refractivity contribution in [3.63, 3.8) is 0 Å². The molecule has 0 saturated heterocycles. The summed E-state index contributed by atoms with van der Waals surface area (Å²) >= 11 is 6.31. The highest BCUT2D eigenvalue weighted by Crippen LogP contribution is 2.38. The van der Waals surface area contributed by atoms with Crippen LogP contribution in [-0.2, 0) is 0 Å². The molecule has 2 aromatic carbocycles. The lowest BCUT2D eigenvalue weighted by atomic mass is 10.1. The molecule has 27 heavy (non-hydrogen) atoms. The fraction of sp³-hybridized carbons (Fsp3) is 0.250. The topological polar surface area (TPSA) is 69.9 Å². The van der Waals surface area contributed by atoms with Gasteiger partial charge in [-0.25, -0.2) is 0 Å². The lowest BCUT2D eigenvalue weighted by Crippen LogP contribution is -2.12. The molecule has 0 atom stereocenters. The number of hydrogen-bond donors (Lipinski definition) is 1. The lowest BCUT2D eigenvalue weighted by molar-refractivity contribution is 0.0998. The van der Waals surface area contributed by atoms with E-state index in [0.29, 0.717) is 46.8 Å². The van der Waals surface area contributed by atoms with Crippen molar-refractivity contribution < 1.29 is 23.4 Å². The Labute approximate surface area is 161 Å². The highest BCUT2D eigenvalue weighted by atomic mass is 35.5. The van der Waals surface area contributed by atoms with Crippen LogP contribution in [0.25, 0.3) is 11.0 Å². The Bertz CT molecular complexity index is 1030. The first kappa shape index (κ1) is 17.5. The minimum Gasteiger partial charge on any atom is -0.497 e. The zero-order valence-electron chi connectivity index (χ0n) is 14.9. The number of carbonyl (C=O) groups is 1. The van der Waals surface area contributed by atoms with Crippen molar-refractivity contribution in [2.45, 2.75) is 13.3 Å². The zero-order valence-corrected chi connectivity index (χ0v) is 15.7. The average Bonchev–Trinajstić information content (AvgIpc) is 2.84. The molecule has 0 saturated carbocycles. The Hall–Kier alpha value is -2.86. The maximum atomic E-state index is 12.8. The number of rotatable bonds is 3. The van der Waals surface area contributed by atoms with Crippen LogP contribution in [0.15, 0.2) is 34.7 Å². The zero-order chi connectivity index (χ0) is 19.0. The molecule has 1 N–H and O–H groups in total. The summed E-state index contributed by atoms with van der Waals surface area (Å²) in [6.07, 6.45) is 0.787. The van der Waals surface area contributed by atoms with Gasteiger partial charge >= 0.3 is 0 Å². The molecule has 0 fully saturated rings.